The van der Waals surface area contributed by atoms with Crippen LogP contribution in [0.4, 0.5) is 5.69 Å². The molecule has 1 aliphatic heterocycles. The van der Waals surface area contributed by atoms with E-state index in [1.165, 1.54) is 0 Å². The predicted molar refractivity (Wildman–Crippen MR) is 85.8 cm³/mol. The summed E-state index contributed by atoms with van der Waals surface area (Å²) in [5, 5.41) is 2.94. The fourth-order valence-electron chi connectivity index (χ4n) is 3.06. The lowest BCUT2D eigenvalue weighted by Crippen LogP contribution is -2.24. The first-order valence-electron chi connectivity index (χ1n) is 7.25. The minimum atomic E-state index is -0.00972. The summed E-state index contributed by atoms with van der Waals surface area (Å²) in [4.78, 5) is 12.1. The van der Waals surface area contributed by atoms with Crippen LogP contribution >= 0.6 is 0 Å². The monoisotopic (exact) mass is 297 g/mol. The van der Waals surface area contributed by atoms with E-state index in [0.29, 0.717) is 6.42 Å². The highest BCUT2D eigenvalue weighted by molar-refractivity contribution is 5.96. The van der Waals surface area contributed by atoms with Crippen molar-refractivity contribution in [1.82, 2.24) is 0 Å². The van der Waals surface area contributed by atoms with Crippen molar-refractivity contribution in [1.29, 1.82) is 0 Å². The van der Waals surface area contributed by atoms with E-state index in [1.807, 2.05) is 37.3 Å². The molecule has 0 aliphatic carbocycles. The number of anilines is 1. The van der Waals surface area contributed by atoms with Crippen LogP contribution in [0.2, 0.25) is 0 Å². The summed E-state index contributed by atoms with van der Waals surface area (Å²) >= 11 is 0. The van der Waals surface area contributed by atoms with E-state index in [1.54, 1.807) is 14.2 Å². The number of aryl methyl sites for hydroxylation is 1. The Morgan fingerprint density at radius 3 is 2.50 bits per heavy atom. The Morgan fingerprint density at radius 1 is 1.05 bits per heavy atom. The predicted octanol–water partition coefficient (Wildman–Crippen LogP) is 3.49. The van der Waals surface area contributed by atoms with E-state index >= 15 is 0 Å². The second kappa shape index (κ2) is 5.72. The zero-order chi connectivity index (χ0) is 15.7. The second-order valence-electron chi connectivity index (χ2n) is 5.46. The average molecular weight is 297 g/mol. The molecule has 1 atom stereocenters. The number of hydrogen-bond acceptors (Lipinski definition) is 3. The van der Waals surface area contributed by atoms with Gasteiger partial charge in [-0.15, -0.1) is 0 Å². The van der Waals surface area contributed by atoms with Gasteiger partial charge in [-0.25, -0.2) is 0 Å². The van der Waals surface area contributed by atoms with Gasteiger partial charge in [-0.3, -0.25) is 4.79 Å². The van der Waals surface area contributed by atoms with Gasteiger partial charge in [0.1, 0.15) is 11.5 Å². The Balaban J connectivity index is 2.15. The van der Waals surface area contributed by atoms with Gasteiger partial charge in [-0.2, -0.15) is 0 Å². The molecule has 2 aromatic carbocycles. The summed E-state index contributed by atoms with van der Waals surface area (Å²) in [6.07, 6.45) is 0.416. The highest BCUT2D eigenvalue weighted by atomic mass is 16.5. The molecule has 1 amide bonds. The first-order chi connectivity index (χ1) is 10.6. The molecule has 114 valence electrons. The van der Waals surface area contributed by atoms with Gasteiger partial charge in [0.05, 0.1) is 14.2 Å². The maximum absolute atomic E-state index is 12.1. The molecule has 4 nitrogen and oxygen atoms in total. The lowest BCUT2D eigenvalue weighted by atomic mass is 9.83. The van der Waals surface area contributed by atoms with Gasteiger partial charge in [0.15, 0.2) is 0 Å². The van der Waals surface area contributed by atoms with E-state index < -0.39 is 0 Å². The number of fused-ring (bicyclic) bond motifs is 1. The number of benzene rings is 2. The van der Waals surface area contributed by atoms with Gasteiger partial charge < -0.3 is 14.8 Å². The average Bonchev–Trinajstić information content (AvgIpc) is 2.54. The van der Waals surface area contributed by atoms with Crippen LogP contribution in [0.5, 0.6) is 11.5 Å². The molecule has 0 bridgehead atoms. The summed E-state index contributed by atoms with van der Waals surface area (Å²) in [6, 6.07) is 11.8. The van der Waals surface area contributed by atoms with Crippen molar-refractivity contribution >= 4 is 11.6 Å². The van der Waals surface area contributed by atoms with E-state index in [2.05, 4.69) is 11.4 Å². The fraction of sp³-hybridized carbons (Fsp3) is 0.278. The maximum atomic E-state index is 12.1. The van der Waals surface area contributed by atoms with E-state index in [4.69, 9.17) is 9.47 Å². The van der Waals surface area contributed by atoms with Crippen molar-refractivity contribution in [3.05, 3.63) is 53.1 Å². The largest absolute Gasteiger partial charge is 0.496 e. The smallest absolute Gasteiger partial charge is 0.225 e. The van der Waals surface area contributed by atoms with Crippen LogP contribution < -0.4 is 14.8 Å². The van der Waals surface area contributed by atoms with Gasteiger partial charge in [-0.05, 0) is 30.2 Å². The summed E-state index contributed by atoms with van der Waals surface area (Å²) < 4.78 is 10.8. The van der Waals surface area contributed by atoms with Gasteiger partial charge in [0, 0.05) is 29.7 Å². The topological polar surface area (TPSA) is 47.6 Å². The van der Waals surface area contributed by atoms with Crippen molar-refractivity contribution in [2.24, 2.45) is 0 Å². The highest BCUT2D eigenvalue weighted by Crippen LogP contribution is 2.42. The van der Waals surface area contributed by atoms with Crippen molar-refractivity contribution in [3.8, 4) is 11.5 Å². The molecule has 0 fully saturated rings. The van der Waals surface area contributed by atoms with Crippen molar-refractivity contribution in [2.45, 2.75) is 19.3 Å². The van der Waals surface area contributed by atoms with E-state index in [-0.39, 0.29) is 11.8 Å². The number of carbonyl (C=O) groups is 1. The maximum Gasteiger partial charge on any atom is 0.225 e. The van der Waals surface area contributed by atoms with E-state index in [9.17, 15) is 4.79 Å². The van der Waals surface area contributed by atoms with Gasteiger partial charge in [0.25, 0.3) is 0 Å². The second-order valence-corrected chi connectivity index (χ2v) is 5.46. The van der Waals surface area contributed by atoms with Crippen LogP contribution in [0.3, 0.4) is 0 Å². The number of rotatable bonds is 3. The van der Waals surface area contributed by atoms with Gasteiger partial charge in [-0.1, -0.05) is 18.2 Å². The number of ether oxygens (including phenoxy) is 2. The Bertz CT molecular complexity index is 724. The molecule has 1 heterocycles. The number of hydrogen-bond donors (Lipinski definition) is 1. The number of methoxy groups -OCH3 is 2. The third kappa shape index (κ3) is 2.41. The first-order valence-corrected chi connectivity index (χ1v) is 7.25. The van der Waals surface area contributed by atoms with Crippen molar-refractivity contribution < 1.29 is 14.3 Å². The zero-order valence-electron chi connectivity index (χ0n) is 13.0. The molecule has 1 N–H and O–H groups in total. The molecular formula is C18H19NO3. The van der Waals surface area contributed by atoms with Crippen LogP contribution in [0.25, 0.3) is 0 Å². The summed E-state index contributed by atoms with van der Waals surface area (Å²) in [7, 11) is 3.29. The molecule has 0 aromatic heterocycles. The number of amides is 1. The summed E-state index contributed by atoms with van der Waals surface area (Å²) in [5.74, 6) is 1.58. The number of para-hydroxylation sites is 1. The third-order valence-electron chi connectivity index (χ3n) is 4.12. The van der Waals surface area contributed by atoms with E-state index in [0.717, 1.165) is 33.9 Å². The molecule has 4 heteroatoms. The summed E-state index contributed by atoms with van der Waals surface area (Å²) in [6.45, 7) is 2.01. The first kappa shape index (κ1) is 14.4. The molecule has 1 unspecified atom stereocenters. The Labute approximate surface area is 130 Å². The van der Waals surface area contributed by atoms with Crippen LogP contribution in [-0.2, 0) is 4.79 Å². The lowest BCUT2D eigenvalue weighted by Gasteiger charge is -2.28. The SMILES string of the molecule is COc1cc2c(cc1C)C(c1ccccc1OC)CC(=O)N2. The van der Waals surface area contributed by atoms with Crippen LogP contribution in [0.1, 0.15) is 29.0 Å². The summed E-state index contributed by atoms with van der Waals surface area (Å²) in [5.41, 5.74) is 4.00. The number of carbonyl (C=O) groups excluding carboxylic acids is 1. The molecule has 0 saturated carbocycles. The van der Waals surface area contributed by atoms with Crippen LogP contribution in [-0.4, -0.2) is 20.1 Å². The Morgan fingerprint density at radius 2 is 1.77 bits per heavy atom. The quantitative estimate of drug-likeness (QED) is 0.943. The fourth-order valence-corrected chi connectivity index (χ4v) is 3.06. The molecule has 2 aromatic rings. The normalized spacial score (nSPS) is 16.7. The van der Waals surface area contributed by atoms with Crippen molar-refractivity contribution in [3.63, 3.8) is 0 Å². The van der Waals surface area contributed by atoms with Crippen LogP contribution in [0, 0.1) is 6.92 Å². The molecule has 3 rings (SSSR count). The third-order valence-corrected chi connectivity index (χ3v) is 4.12. The van der Waals surface area contributed by atoms with Crippen LogP contribution in [0.15, 0.2) is 36.4 Å². The minimum absolute atomic E-state index is 0.00862. The Kier molecular flexibility index (Phi) is 3.75. The number of nitrogens with one attached hydrogen (secondary N) is 1. The highest BCUT2D eigenvalue weighted by Gasteiger charge is 2.29. The minimum Gasteiger partial charge on any atom is -0.496 e. The van der Waals surface area contributed by atoms with Gasteiger partial charge >= 0.3 is 0 Å². The molecule has 22 heavy (non-hydrogen) atoms. The van der Waals surface area contributed by atoms with Crippen molar-refractivity contribution in [2.75, 3.05) is 19.5 Å². The lowest BCUT2D eigenvalue weighted by molar-refractivity contribution is -0.116. The Hall–Kier alpha value is -2.49. The molecule has 1 aliphatic rings. The standard InChI is InChI=1S/C18H19NO3/c1-11-8-14-13(12-6-4-5-7-16(12)21-2)9-18(20)19-15(14)10-17(11)22-3/h4-8,10,13H,9H2,1-3H3,(H,19,20). The zero-order valence-corrected chi connectivity index (χ0v) is 13.0. The van der Waals surface area contributed by atoms with Gasteiger partial charge in [0.2, 0.25) is 5.91 Å². The molecular weight excluding hydrogens is 278 g/mol. The molecule has 0 spiro atoms. The molecule has 0 radical (unpaired) electrons. The molecule has 0 saturated heterocycles.